The lowest BCUT2D eigenvalue weighted by Crippen LogP contribution is -2.38. The van der Waals surface area contributed by atoms with Gasteiger partial charge in [0.2, 0.25) is 0 Å². The van der Waals surface area contributed by atoms with Gasteiger partial charge in [-0.05, 0) is 29.3 Å². The molecule has 142 valence electrons. The number of hydrogen-bond donors (Lipinski definition) is 1. The summed E-state index contributed by atoms with van der Waals surface area (Å²) < 4.78 is 13.3. The summed E-state index contributed by atoms with van der Waals surface area (Å²) in [6.07, 6.45) is 0. The first kappa shape index (κ1) is 19.6. The molecule has 1 N–H and O–H groups in total. The highest BCUT2D eigenvalue weighted by Gasteiger charge is 2.22. The van der Waals surface area contributed by atoms with Crippen molar-refractivity contribution in [3.63, 3.8) is 0 Å². The van der Waals surface area contributed by atoms with E-state index in [-0.39, 0.29) is 23.8 Å². The van der Waals surface area contributed by atoms with Gasteiger partial charge >= 0.3 is 11.8 Å². The Morgan fingerprint density at radius 1 is 0.857 bits per heavy atom. The average molecular weight is 397 g/mol. The topological polar surface area (TPSA) is 49.4 Å². The number of anilines is 1. The van der Waals surface area contributed by atoms with E-state index in [2.05, 4.69) is 5.32 Å². The van der Waals surface area contributed by atoms with Crippen LogP contribution in [-0.4, -0.2) is 16.7 Å². The van der Waals surface area contributed by atoms with Gasteiger partial charge in [-0.15, -0.1) is 0 Å². The summed E-state index contributed by atoms with van der Waals surface area (Å²) in [5.74, 6) is -2.09. The first-order valence-corrected chi connectivity index (χ1v) is 9.04. The van der Waals surface area contributed by atoms with Crippen LogP contribution in [0.25, 0.3) is 0 Å². The van der Waals surface area contributed by atoms with E-state index in [4.69, 9.17) is 11.6 Å². The number of amides is 2. The predicted molar refractivity (Wildman–Crippen MR) is 107 cm³/mol. The standard InChI is InChI=1S/C22H18ClFN2O2/c23-19-13-18(11-12-20(19)24)25-21(27)22(28)26(14-16-7-3-1-4-8-16)15-17-9-5-2-6-10-17/h1-13H,14-15H2,(H,25,27). The van der Waals surface area contributed by atoms with Gasteiger partial charge in [0, 0.05) is 18.8 Å². The SMILES string of the molecule is O=C(Nc1ccc(F)c(Cl)c1)C(=O)N(Cc1ccccc1)Cc1ccccc1. The second kappa shape index (κ2) is 9.15. The molecule has 0 fully saturated rings. The van der Waals surface area contributed by atoms with Gasteiger partial charge in [0.05, 0.1) is 5.02 Å². The second-order valence-corrected chi connectivity index (χ2v) is 6.62. The third-order valence-corrected chi connectivity index (χ3v) is 4.38. The van der Waals surface area contributed by atoms with Crippen LogP contribution >= 0.6 is 11.6 Å². The maximum absolute atomic E-state index is 13.3. The van der Waals surface area contributed by atoms with Crippen molar-refractivity contribution in [3.8, 4) is 0 Å². The Morgan fingerprint density at radius 3 is 1.89 bits per heavy atom. The van der Waals surface area contributed by atoms with E-state index in [1.807, 2.05) is 60.7 Å². The molecule has 3 aromatic carbocycles. The molecule has 0 atom stereocenters. The number of halogens is 2. The molecule has 0 aliphatic rings. The molecule has 0 aliphatic heterocycles. The maximum Gasteiger partial charge on any atom is 0.313 e. The van der Waals surface area contributed by atoms with Gasteiger partial charge < -0.3 is 10.2 Å². The molecule has 0 spiro atoms. The Hall–Kier alpha value is -3.18. The molecule has 3 aromatic rings. The number of benzene rings is 3. The Morgan fingerprint density at radius 2 is 1.39 bits per heavy atom. The summed E-state index contributed by atoms with van der Waals surface area (Å²) >= 11 is 5.73. The first-order valence-electron chi connectivity index (χ1n) is 8.66. The number of nitrogens with zero attached hydrogens (tertiary/aromatic N) is 1. The van der Waals surface area contributed by atoms with E-state index in [0.717, 1.165) is 17.2 Å². The monoisotopic (exact) mass is 396 g/mol. The predicted octanol–water partition coefficient (Wildman–Crippen LogP) is 4.65. The van der Waals surface area contributed by atoms with Crippen LogP contribution in [0.2, 0.25) is 5.02 Å². The third-order valence-electron chi connectivity index (χ3n) is 4.09. The van der Waals surface area contributed by atoms with Crippen molar-refractivity contribution in [1.29, 1.82) is 0 Å². The van der Waals surface area contributed by atoms with Gasteiger partial charge in [-0.25, -0.2) is 4.39 Å². The maximum atomic E-state index is 13.3. The van der Waals surface area contributed by atoms with Crippen LogP contribution in [0.15, 0.2) is 78.9 Å². The van der Waals surface area contributed by atoms with Crippen LogP contribution < -0.4 is 5.32 Å². The largest absolute Gasteiger partial charge is 0.326 e. The number of nitrogens with one attached hydrogen (secondary N) is 1. The summed E-state index contributed by atoms with van der Waals surface area (Å²) in [4.78, 5) is 26.8. The van der Waals surface area contributed by atoms with Gasteiger partial charge in [-0.3, -0.25) is 9.59 Å². The van der Waals surface area contributed by atoms with Crippen molar-refractivity contribution < 1.29 is 14.0 Å². The molecule has 3 rings (SSSR count). The minimum absolute atomic E-state index is 0.129. The lowest BCUT2D eigenvalue weighted by Gasteiger charge is -2.22. The highest BCUT2D eigenvalue weighted by Crippen LogP contribution is 2.19. The van der Waals surface area contributed by atoms with Crippen LogP contribution in [0.1, 0.15) is 11.1 Å². The molecule has 4 nitrogen and oxygen atoms in total. The van der Waals surface area contributed by atoms with Crippen molar-refractivity contribution in [2.24, 2.45) is 0 Å². The number of carbonyl (C=O) groups excluding carboxylic acids is 2. The average Bonchev–Trinajstić information content (AvgIpc) is 2.71. The lowest BCUT2D eigenvalue weighted by atomic mass is 10.1. The molecule has 0 unspecified atom stereocenters. The van der Waals surface area contributed by atoms with Crippen molar-refractivity contribution in [3.05, 3.63) is 101 Å². The van der Waals surface area contributed by atoms with Gasteiger partial charge in [0.25, 0.3) is 0 Å². The smallest absolute Gasteiger partial charge is 0.313 e. The van der Waals surface area contributed by atoms with Crippen LogP contribution in [0.4, 0.5) is 10.1 Å². The van der Waals surface area contributed by atoms with E-state index in [9.17, 15) is 14.0 Å². The summed E-state index contributed by atoms with van der Waals surface area (Å²) in [6, 6.07) is 22.6. The Labute approximate surface area is 167 Å². The zero-order chi connectivity index (χ0) is 19.9. The summed E-state index contributed by atoms with van der Waals surface area (Å²) in [5, 5.41) is 2.35. The molecule has 0 aliphatic carbocycles. The second-order valence-electron chi connectivity index (χ2n) is 6.22. The fourth-order valence-electron chi connectivity index (χ4n) is 2.71. The molecular weight excluding hydrogens is 379 g/mol. The minimum Gasteiger partial charge on any atom is -0.326 e. The normalized spacial score (nSPS) is 10.4. The number of rotatable bonds is 5. The van der Waals surface area contributed by atoms with Crippen molar-refractivity contribution in [2.45, 2.75) is 13.1 Å². The summed E-state index contributed by atoms with van der Waals surface area (Å²) in [7, 11) is 0. The highest BCUT2D eigenvalue weighted by molar-refractivity contribution is 6.39. The molecular formula is C22H18ClFN2O2. The molecule has 0 saturated carbocycles. The molecule has 0 bridgehead atoms. The quantitative estimate of drug-likeness (QED) is 0.638. The van der Waals surface area contributed by atoms with Gasteiger partial charge in [0.15, 0.2) is 0 Å². The van der Waals surface area contributed by atoms with Crippen LogP contribution in [0.3, 0.4) is 0 Å². The number of carbonyl (C=O) groups is 2. The van der Waals surface area contributed by atoms with E-state index < -0.39 is 17.6 Å². The highest BCUT2D eigenvalue weighted by atomic mass is 35.5. The molecule has 2 amide bonds. The van der Waals surface area contributed by atoms with Crippen LogP contribution in [-0.2, 0) is 22.7 Å². The third kappa shape index (κ3) is 5.18. The summed E-state index contributed by atoms with van der Waals surface area (Å²) in [5.41, 5.74) is 2.07. The molecule has 0 heterocycles. The fourth-order valence-corrected chi connectivity index (χ4v) is 2.89. The van der Waals surface area contributed by atoms with E-state index in [1.165, 1.54) is 17.0 Å². The first-order chi connectivity index (χ1) is 13.5. The Kier molecular flexibility index (Phi) is 6.40. The molecule has 28 heavy (non-hydrogen) atoms. The Bertz CT molecular complexity index is 923. The zero-order valence-corrected chi connectivity index (χ0v) is 15.7. The minimum atomic E-state index is -0.811. The van der Waals surface area contributed by atoms with Crippen molar-refractivity contribution in [1.82, 2.24) is 4.90 Å². The number of hydrogen-bond acceptors (Lipinski definition) is 2. The Balaban J connectivity index is 1.78. The molecule has 0 radical (unpaired) electrons. The molecule has 0 saturated heterocycles. The lowest BCUT2D eigenvalue weighted by molar-refractivity contribution is -0.144. The van der Waals surface area contributed by atoms with Gasteiger partial charge in [0.1, 0.15) is 5.82 Å². The van der Waals surface area contributed by atoms with Gasteiger partial charge in [-0.1, -0.05) is 72.3 Å². The van der Waals surface area contributed by atoms with Gasteiger partial charge in [-0.2, -0.15) is 0 Å². The van der Waals surface area contributed by atoms with Crippen molar-refractivity contribution in [2.75, 3.05) is 5.32 Å². The van der Waals surface area contributed by atoms with E-state index >= 15 is 0 Å². The van der Waals surface area contributed by atoms with E-state index in [0.29, 0.717) is 0 Å². The molecule has 6 heteroatoms. The van der Waals surface area contributed by atoms with E-state index in [1.54, 1.807) is 0 Å². The van der Waals surface area contributed by atoms with Crippen LogP contribution in [0.5, 0.6) is 0 Å². The molecule has 0 aromatic heterocycles. The summed E-state index contributed by atoms with van der Waals surface area (Å²) in [6.45, 7) is 0.568. The van der Waals surface area contributed by atoms with Crippen molar-refractivity contribution >= 4 is 29.1 Å². The van der Waals surface area contributed by atoms with Crippen LogP contribution in [0, 0.1) is 5.82 Å². The fraction of sp³-hybridized carbons (Fsp3) is 0.0909. The zero-order valence-electron chi connectivity index (χ0n) is 14.9.